The second-order valence-electron chi connectivity index (χ2n) is 4.73. The second kappa shape index (κ2) is 7.38. The minimum absolute atomic E-state index is 0.0906. The van der Waals surface area contributed by atoms with Gasteiger partial charge in [-0.3, -0.25) is 9.78 Å². The maximum absolute atomic E-state index is 12.8. The van der Waals surface area contributed by atoms with Crippen LogP contribution in [-0.2, 0) is 6.18 Å². The number of hydrogen-bond acceptors (Lipinski definition) is 3. The van der Waals surface area contributed by atoms with Gasteiger partial charge in [-0.1, -0.05) is 13.3 Å². The highest BCUT2D eigenvalue weighted by molar-refractivity contribution is 5.97. The number of carbonyl (C=O) groups excluding carboxylic acids is 1. The van der Waals surface area contributed by atoms with E-state index < -0.39 is 17.5 Å². The van der Waals surface area contributed by atoms with E-state index in [1.165, 1.54) is 0 Å². The number of carbonyl (C=O) groups is 1. The monoisotopic (exact) mass is 288 g/mol. The summed E-state index contributed by atoms with van der Waals surface area (Å²) in [5.74, 6) is -0.240. The van der Waals surface area contributed by atoms with Gasteiger partial charge >= 0.3 is 6.18 Å². The normalized spacial score (nSPS) is 13.2. The molecule has 3 nitrogen and oxygen atoms in total. The van der Waals surface area contributed by atoms with E-state index in [0.717, 1.165) is 31.3 Å². The van der Waals surface area contributed by atoms with Crippen LogP contribution in [0.4, 0.5) is 13.2 Å². The lowest BCUT2D eigenvalue weighted by atomic mass is 9.93. The fraction of sp³-hybridized carbons (Fsp3) is 0.571. The Balaban J connectivity index is 2.78. The Morgan fingerprint density at radius 2 is 2.10 bits per heavy atom. The van der Waals surface area contributed by atoms with Crippen molar-refractivity contribution in [3.8, 4) is 0 Å². The highest BCUT2D eigenvalue weighted by Gasteiger charge is 2.35. The SMILES string of the molecule is CCC(CCN)CCC(=O)c1cnccc1C(F)(F)F. The minimum atomic E-state index is -4.53. The minimum Gasteiger partial charge on any atom is -0.330 e. The maximum atomic E-state index is 12.8. The Kier molecular flexibility index (Phi) is 6.13. The van der Waals surface area contributed by atoms with E-state index in [9.17, 15) is 18.0 Å². The number of pyridine rings is 1. The van der Waals surface area contributed by atoms with Crippen LogP contribution in [-0.4, -0.2) is 17.3 Å². The number of rotatable bonds is 7. The van der Waals surface area contributed by atoms with Gasteiger partial charge in [-0.15, -0.1) is 0 Å². The molecule has 0 radical (unpaired) electrons. The highest BCUT2D eigenvalue weighted by Crippen LogP contribution is 2.32. The fourth-order valence-corrected chi connectivity index (χ4v) is 2.12. The molecule has 0 spiro atoms. The van der Waals surface area contributed by atoms with Gasteiger partial charge in [0.25, 0.3) is 0 Å². The number of alkyl halides is 3. The van der Waals surface area contributed by atoms with Gasteiger partial charge in [0.1, 0.15) is 0 Å². The Morgan fingerprint density at radius 1 is 1.40 bits per heavy atom. The molecule has 0 fully saturated rings. The zero-order chi connectivity index (χ0) is 15.2. The fourth-order valence-electron chi connectivity index (χ4n) is 2.12. The summed E-state index contributed by atoms with van der Waals surface area (Å²) in [4.78, 5) is 15.6. The molecule has 1 unspecified atom stereocenters. The van der Waals surface area contributed by atoms with Crippen molar-refractivity contribution in [2.45, 2.75) is 38.8 Å². The molecule has 0 aromatic carbocycles. The lowest BCUT2D eigenvalue weighted by molar-refractivity contribution is -0.138. The van der Waals surface area contributed by atoms with Crippen LogP contribution >= 0.6 is 0 Å². The molecule has 1 rings (SSSR count). The van der Waals surface area contributed by atoms with Crippen molar-refractivity contribution in [1.29, 1.82) is 0 Å². The molecule has 1 aromatic rings. The Hall–Kier alpha value is -1.43. The smallest absolute Gasteiger partial charge is 0.330 e. The topological polar surface area (TPSA) is 56.0 Å². The van der Waals surface area contributed by atoms with E-state index in [1.54, 1.807) is 0 Å². The van der Waals surface area contributed by atoms with Crippen LogP contribution in [0.1, 0.15) is 48.5 Å². The molecule has 1 atom stereocenters. The van der Waals surface area contributed by atoms with Crippen molar-refractivity contribution in [2.24, 2.45) is 11.7 Å². The summed E-state index contributed by atoms with van der Waals surface area (Å²) < 4.78 is 38.4. The van der Waals surface area contributed by atoms with Gasteiger partial charge in [0.05, 0.1) is 5.56 Å². The quantitative estimate of drug-likeness (QED) is 0.782. The first kappa shape index (κ1) is 16.6. The number of hydrogen-bond donors (Lipinski definition) is 1. The van der Waals surface area contributed by atoms with E-state index in [-0.39, 0.29) is 17.9 Å². The molecule has 2 N–H and O–H groups in total. The predicted molar refractivity (Wildman–Crippen MR) is 70.3 cm³/mol. The Morgan fingerprint density at radius 3 is 2.65 bits per heavy atom. The average molecular weight is 288 g/mol. The molecule has 1 heterocycles. The summed E-state index contributed by atoms with van der Waals surface area (Å²) in [6.07, 6.45) is -0.203. The molecule has 0 saturated carbocycles. The van der Waals surface area contributed by atoms with Crippen molar-refractivity contribution in [1.82, 2.24) is 4.98 Å². The van der Waals surface area contributed by atoms with Crippen LogP contribution in [0.5, 0.6) is 0 Å². The third-order valence-electron chi connectivity index (χ3n) is 3.36. The van der Waals surface area contributed by atoms with Gasteiger partial charge < -0.3 is 5.73 Å². The standard InChI is InChI=1S/C14H19F3N2O/c1-2-10(5-7-18)3-4-13(20)11-9-19-8-6-12(11)14(15,16)17/h6,8-10H,2-5,7,18H2,1H3. The molecule has 0 saturated heterocycles. The summed E-state index contributed by atoms with van der Waals surface area (Å²) in [7, 11) is 0. The van der Waals surface area contributed by atoms with E-state index >= 15 is 0 Å². The molecular weight excluding hydrogens is 269 g/mol. The van der Waals surface area contributed by atoms with E-state index in [1.807, 2.05) is 6.92 Å². The zero-order valence-electron chi connectivity index (χ0n) is 11.4. The van der Waals surface area contributed by atoms with Crippen LogP contribution in [0.15, 0.2) is 18.5 Å². The lowest BCUT2D eigenvalue weighted by Gasteiger charge is -2.14. The van der Waals surface area contributed by atoms with Crippen molar-refractivity contribution in [3.63, 3.8) is 0 Å². The Labute approximate surface area is 116 Å². The van der Waals surface area contributed by atoms with E-state index in [4.69, 9.17) is 5.73 Å². The zero-order valence-corrected chi connectivity index (χ0v) is 11.4. The highest BCUT2D eigenvalue weighted by atomic mass is 19.4. The van der Waals surface area contributed by atoms with Gasteiger partial charge in [-0.05, 0) is 31.4 Å². The average Bonchev–Trinajstić information content (AvgIpc) is 2.42. The van der Waals surface area contributed by atoms with Gasteiger partial charge in [0.2, 0.25) is 0 Å². The molecule has 1 aromatic heterocycles. The summed E-state index contributed by atoms with van der Waals surface area (Å²) in [5.41, 5.74) is 4.20. The van der Waals surface area contributed by atoms with Gasteiger partial charge in [0.15, 0.2) is 5.78 Å². The molecular formula is C14H19F3N2O. The number of aromatic nitrogens is 1. The second-order valence-corrected chi connectivity index (χ2v) is 4.73. The number of Topliss-reactive ketones (excluding diaryl/α,β-unsaturated/α-hetero) is 1. The number of nitrogens with zero attached hydrogens (tertiary/aromatic N) is 1. The van der Waals surface area contributed by atoms with Crippen molar-refractivity contribution >= 4 is 5.78 Å². The predicted octanol–water partition coefficient (Wildman–Crippen LogP) is 3.44. The van der Waals surface area contributed by atoms with Gasteiger partial charge in [-0.2, -0.15) is 13.2 Å². The molecule has 0 aliphatic rings. The van der Waals surface area contributed by atoms with Crippen LogP contribution < -0.4 is 5.73 Å². The first-order chi connectivity index (χ1) is 9.40. The van der Waals surface area contributed by atoms with Crippen LogP contribution in [0.3, 0.4) is 0 Å². The Bertz CT molecular complexity index is 446. The summed E-state index contributed by atoms with van der Waals surface area (Å²) in [6.45, 7) is 2.50. The van der Waals surface area contributed by atoms with Crippen LogP contribution in [0, 0.1) is 5.92 Å². The van der Waals surface area contributed by atoms with Gasteiger partial charge in [-0.25, -0.2) is 0 Å². The molecule has 0 aliphatic carbocycles. The lowest BCUT2D eigenvalue weighted by Crippen LogP contribution is -2.15. The first-order valence-corrected chi connectivity index (χ1v) is 6.64. The molecule has 0 amide bonds. The summed E-state index contributed by atoms with van der Waals surface area (Å²) in [6, 6.07) is 0.838. The van der Waals surface area contributed by atoms with Crippen molar-refractivity contribution in [2.75, 3.05) is 6.54 Å². The summed E-state index contributed by atoms with van der Waals surface area (Å²) in [5, 5.41) is 0. The van der Waals surface area contributed by atoms with Crippen molar-refractivity contribution < 1.29 is 18.0 Å². The summed E-state index contributed by atoms with van der Waals surface area (Å²) >= 11 is 0. The molecule has 6 heteroatoms. The van der Waals surface area contributed by atoms with Crippen LogP contribution in [0.2, 0.25) is 0 Å². The third-order valence-corrected chi connectivity index (χ3v) is 3.36. The van der Waals surface area contributed by atoms with E-state index in [2.05, 4.69) is 4.98 Å². The number of ketones is 1. The number of halogens is 3. The number of nitrogens with two attached hydrogens (primary N) is 1. The third kappa shape index (κ3) is 4.59. The largest absolute Gasteiger partial charge is 0.417 e. The van der Waals surface area contributed by atoms with Gasteiger partial charge in [0, 0.05) is 24.4 Å². The van der Waals surface area contributed by atoms with E-state index in [0.29, 0.717) is 13.0 Å². The maximum Gasteiger partial charge on any atom is 0.417 e. The molecule has 112 valence electrons. The molecule has 0 bridgehead atoms. The van der Waals surface area contributed by atoms with Crippen molar-refractivity contribution in [3.05, 3.63) is 29.6 Å². The molecule has 20 heavy (non-hydrogen) atoms. The first-order valence-electron chi connectivity index (χ1n) is 6.64. The molecule has 0 aliphatic heterocycles. The van der Waals surface area contributed by atoms with Crippen LogP contribution in [0.25, 0.3) is 0 Å².